The number of aromatic nitrogens is 5. The van der Waals surface area contributed by atoms with Gasteiger partial charge in [-0.05, 0) is 48.5 Å². The van der Waals surface area contributed by atoms with Crippen LogP contribution in [0.3, 0.4) is 0 Å². The van der Waals surface area contributed by atoms with Crippen molar-refractivity contribution in [1.29, 1.82) is 0 Å². The molecule has 0 fully saturated rings. The molecule has 3 aromatic heterocycles. The number of hydrogen-bond donors (Lipinski definition) is 0. The SMILES string of the molecule is COc1ccc(-c2nn(-c3ccccc3)cc2/C=c2\sc3nc(C4COc5ccccc5O4)nn3c2=O)cc1F. The van der Waals surface area contributed by atoms with E-state index in [2.05, 4.69) is 10.1 Å². The molecule has 1 atom stereocenters. The zero-order valence-corrected chi connectivity index (χ0v) is 21.8. The molecule has 0 saturated heterocycles. The summed E-state index contributed by atoms with van der Waals surface area (Å²) >= 11 is 1.20. The maximum Gasteiger partial charge on any atom is 0.291 e. The Morgan fingerprint density at radius 1 is 1.05 bits per heavy atom. The van der Waals surface area contributed by atoms with E-state index in [-0.39, 0.29) is 17.9 Å². The van der Waals surface area contributed by atoms with Gasteiger partial charge in [-0.25, -0.2) is 9.07 Å². The first-order valence-corrected chi connectivity index (χ1v) is 13.2. The molecule has 11 heteroatoms. The Morgan fingerprint density at radius 2 is 1.85 bits per heavy atom. The minimum Gasteiger partial charge on any atom is -0.494 e. The van der Waals surface area contributed by atoms with Gasteiger partial charge in [0, 0.05) is 17.3 Å². The van der Waals surface area contributed by atoms with Gasteiger partial charge in [-0.1, -0.05) is 41.7 Å². The summed E-state index contributed by atoms with van der Waals surface area (Å²) in [5, 5.41) is 9.15. The number of para-hydroxylation sites is 3. The summed E-state index contributed by atoms with van der Waals surface area (Å²) in [5.74, 6) is 1.26. The van der Waals surface area contributed by atoms with Crippen LogP contribution in [0.1, 0.15) is 17.5 Å². The molecule has 0 bridgehead atoms. The van der Waals surface area contributed by atoms with Gasteiger partial charge in [0.05, 0.1) is 17.3 Å². The first-order valence-electron chi connectivity index (χ1n) is 12.4. The fourth-order valence-corrected chi connectivity index (χ4v) is 5.42. The van der Waals surface area contributed by atoms with E-state index in [1.807, 2.05) is 54.6 Å². The van der Waals surface area contributed by atoms with Crippen molar-refractivity contribution in [3.05, 3.63) is 111 Å². The van der Waals surface area contributed by atoms with Crippen LogP contribution in [0.5, 0.6) is 17.2 Å². The number of nitrogens with zero attached hydrogens (tertiary/aromatic N) is 5. The van der Waals surface area contributed by atoms with Crippen molar-refractivity contribution in [2.24, 2.45) is 0 Å². The second-order valence-corrected chi connectivity index (χ2v) is 10.0. The van der Waals surface area contributed by atoms with Crippen LogP contribution in [0.25, 0.3) is 28.0 Å². The fourth-order valence-electron chi connectivity index (χ4n) is 4.52. The highest BCUT2D eigenvalue weighted by Crippen LogP contribution is 2.35. The average molecular weight is 554 g/mol. The van der Waals surface area contributed by atoms with E-state index in [9.17, 15) is 9.18 Å². The summed E-state index contributed by atoms with van der Waals surface area (Å²) in [6, 6.07) is 21.6. The van der Waals surface area contributed by atoms with Gasteiger partial charge in [0.2, 0.25) is 4.96 Å². The molecule has 198 valence electrons. The van der Waals surface area contributed by atoms with E-state index in [0.29, 0.717) is 43.6 Å². The highest BCUT2D eigenvalue weighted by Gasteiger charge is 2.27. The lowest BCUT2D eigenvalue weighted by Gasteiger charge is -2.24. The molecule has 0 aliphatic carbocycles. The van der Waals surface area contributed by atoms with Crippen LogP contribution in [-0.4, -0.2) is 38.1 Å². The van der Waals surface area contributed by atoms with Crippen LogP contribution >= 0.6 is 11.3 Å². The number of halogens is 1. The smallest absolute Gasteiger partial charge is 0.291 e. The van der Waals surface area contributed by atoms with Gasteiger partial charge in [-0.15, -0.1) is 5.10 Å². The van der Waals surface area contributed by atoms with Crippen molar-refractivity contribution in [3.63, 3.8) is 0 Å². The standard InChI is InChI=1S/C29H20FN5O4S/c1-37-21-12-11-17(13-20(21)30)26-18(15-34(32-26)19-7-3-2-4-8-19)14-25-28(36)35-29(40-25)31-27(33-35)24-16-38-22-9-5-6-10-23(22)39-24/h2-15,24H,16H2,1H3/b25-14-. The molecule has 9 nitrogen and oxygen atoms in total. The van der Waals surface area contributed by atoms with Crippen molar-refractivity contribution < 1.29 is 18.6 Å². The van der Waals surface area contributed by atoms with Crippen molar-refractivity contribution >= 4 is 22.4 Å². The van der Waals surface area contributed by atoms with Crippen LogP contribution < -0.4 is 24.3 Å². The molecule has 1 aliphatic rings. The molecule has 3 aromatic carbocycles. The molecule has 7 rings (SSSR count). The summed E-state index contributed by atoms with van der Waals surface area (Å²) in [5.41, 5.74) is 2.19. The Kier molecular flexibility index (Phi) is 5.78. The predicted octanol–water partition coefficient (Wildman–Crippen LogP) is 4.21. The summed E-state index contributed by atoms with van der Waals surface area (Å²) in [6.45, 7) is 0.239. The third-order valence-electron chi connectivity index (χ3n) is 6.47. The predicted molar refractivity (Wildman–Crippen MR) is 147 cm³/mol. The lowest BCUT2D eigenvalue weighted by atomic mass is 10.1. The lowest BCUT2D eigenvalue weighted by molar-refractivity contribution is 0.0852. The number of rotatable bonds is 5. The number of hydrogen-bond acceptors (Lipinski definition) is 8. The van der Waals surface area contributed by atoms with Crippen LogP contribution in [0, 0.1) is 5.82 Å². The maximum atomic E-state index is 14.6. The van der Waals surface area contributed by atoms with Crippen molar-refractivity contribution in [3.8, 4) is 34.2 Å². The molecule has 0 radical (unpaired) electrons. The van der Waals surface area contributed by atoms with E-state index < -0.39 is 11.9 Å². The fraction of sp³-hybridized carbons (Fsp3) is 0.103. The van der Waals surface area contributed by atoms with Crippen LogP contribution in [0.15, 0.2) is 83.8 Å². The third-order valence-corrected chi connectivity index (χ3v) is 7.43. The monoisotopic (exact) mass is 553 g/mol. The summed E-state index contributed by atoms with van der Waals surface area (Å²) in [7, 11) is 1.41. The van der Waals surface area contributed by atoms with Gasteiger partial charge < -0.3 is 14.2 Å². The van der Waals surface area contributed by atoms with Gasteiger partial charge in [0.1, 0.15) is 12.3 Å². The largest absolute Gasteiger partial charge is 0.494 e. The number of benzene rings is 3. The van der Waals surface area contributed by atoms with Gasteiger partial charge in [0.15, 0.2) is 35.0 Å². The van der Waals surface area contributed by atoms with E-state index in [4.69, 9.17) is 19.3 Å². The Labute approximate surface area is 230 Å². The number of fused-ring (bicyclic) bond motifs is 2. The molecule has 4 heterocycles. The molecule has 0 amide bonds. The Balaban J connectivity index is 1.29. The first kappa shape index (κ1) is 24.0. The van der Waals surface area contributed by atoms with Crippen LogP contribution in [0.2, 0.25) is 0 Å². The Hall–Kier alpha value is -5.03. The molecular formula is C29H20FN5O4S. The number of thiazole rings is 1. The van der Waals surface area contributed by atoms with Crippen molar-refractivity contribution in [2.75, 3.05) is 13.7 Å². The molecule has 40 heavy (non-hydrogen) atoms. The highest BCUT2D eigenvalue weighted by molar-refractivity contribution is 7.15. The minimum absolute atomic E-state index is 0.135. The van der Waals surface area contributed by atoms with Gasteiger partial charge in [-0.3, -0.25) is 4.79 Å². The van der Waals surface area contributed by atoms with E-state index in [0.717, 1.165) is 5.69 Å². The van der Waals surface area contributed by atoms with E-state index in [1.165, 1.54) is 29.0 Å². The molecule has 1 aliphatic heterocycles. The second-order valence-electron chi connectivity index (χ2n) is 9.01. The second kappa shape index (κ2) is 9.62. The molecular weight excluding hydrogens is 533 g/mol. The minimum atomic E-state index is -0.533. The average Bonchev–Trinajstić information content (AvgIpc) is 3.68. The van der Waals surface area contributed by atoms with Crippen molar-refractivity contribution in [1.82, 2.24) is 24.4 Å². The van der Waals surface area contributed by atoms with Gasteiger partial charge in [-0.2, -0.15) is 14.6 Å². The third kappa shape index (κ3) is 4.16. The number of methoxy groups -OCH3 is 1. The maximum absolute atomic E-state index is 14.6. The van der Waals surface area contributed by atoms with Crippen LogP contribution in [0.4, 0.5) is 4.39 Å². The zero-order chi connectivity index (χ0) is 27.2. The quantitative estimate of drug-likeness (QED) is 0.316. The normalized spacial score (nSPS) is 15.1. The molecule has 1 unspecified atom stereocenters. The summed E-state index contributed by atoms with van der Waals surface area (Å²) in [4.78, 5) is 18.3. The molecule has 6 aromatic rings. The molecule has 0 N–H and O–H groups in total. The van der Waals surface area contributed by atoms with Crippen molar-refractivity contribution in [2.45, 2.75) is 6.10 Å². The van der Waals surface area contributed by atoms with Gasteiger partial charge >= 0.3 is 0 Å². The first-order chi connectivity index (χ1) is 19.6. The topological polar surface area (TPSA) is 92.8 Å². The number of ether oxygens (including phenoxy) is 3. The van der Waals surface area contributed by atoms with E-state index in [1.54, 1.807) is 29.1 Å². The Morgan fingerprint density at radius 3 is 2.62 bits per heavy atom. The Bertz CT molecular complexity index is 1990. The summed E-state index contributed by atoms with van der Waals surface area (Å²) in [6.07, 6.45) is 3.00. The lowest BCUT2D eigenvalue weighted by Crippen LogP contribution is -2.26. The molecule has 0 saturated carbocycles. The van der Waals surface area contributed by atoms with Gasteiger partial charge in [0.25, 0.3) is 5.56 Å². The van der Waals surface area contributed by atoms with Crippen LogP contribution in [-0.2, 0) is 0 Å². The van der Waals surface area contributed by atoms with E-state index >= 15 is 0 Å². The molecule has 0 spiro atoms. The highest BCUT2D eigenvalue weighted by atomic mass is 32.1. The zero-order valence-electron chi connectivity index (χ0n) is 21.0. The summed E-state index contributed by atoms with van der Waals surface area (Å²) < 4.78 is 34.8.